The molecule has 90 valence electrons. The van der Waals surface area contributed by atoms with Gasteiger partial charge in [0.15, 0.2) is 17.5 Å². The molecule has 0 aliphatic rings. The monoisotopic (exact) mass is 247 g/mol. The van der Waals surface area contributed by atoms with Crippen LogP contribution >= 0.6 is 0 Å². The average molecular weight is 247 g/mol. The van der Waals surface area contributed by atoms with Crippen LogP contribution in [-0.2, 0) is 0 Å². The van der Waals surface area contributed by atoms with Crippen molar-refractivity contribution in [3.63, 3.8) is 0 Å². The number of fused-ring (bicyclic) bond motifs is 3. The van der Waals surface area contributed by atoms with Crippen molar-refractivity contribution in [2.24, 2.45) is 0 Å². The summed E-state index contributed by atoms with van der Waals surface area (Å²) in [5.41, 5.74) is 6.20. The van der Waals surface area contributed by atoms with Gasteiger partial charge in [-0.2, -0.15) is 0 Å². The summed E-state index contributed by atoms with van der Waals surface area (Å²) in [6.45, 7) is 0. The number of anilines is 1. The third-order valence-electron chi connectivity index (χ3n) is 3.00. The van der Waals surface area contributed by atoms with E-state index in [1.165, 1.54) is 6.07 Å². The van der Waals surface area contributed by atoms with Crippen molar-refractivity contribution in [2.75, 3.05) is 5.73 Å². The second-order valence-corrected chi connectivity index (χ2v) is 4.13. The average Bonchev–Trinajstić information content (AvgIpc) is 2.35. The van der Waals surface area contributed by atoms with Gasteiger partial charge in [-0.15, -0.1) is 0 Å². The summed E-state index contributed by atoms with van der Waals surface area (Å²) in [5.74, 6) is -3.80. The SMILES string of the molecule is Nc1ccc2c(ccc3c(F)c(F)c(F)cc32)c1. The lowest BCUT2D eigenvalue weighted by atomic mass is 10.0. The van der Waals surface area contributed by atoms with Crippen molar-refractivity contribution in [1.82, 2.24) is 0 Å². The summed E-state index contributed by atoms with van der Waals surface area (Å²) in [6, 6.07) is 9.08. The van der Waals surface area contributed by atoms with Crippen LogP contribution in [-0.4, -0.2) is 0 Å². The number of halogens is 3. The molecule has 0 bridgehead atoms. The summed E-state index contributed by atoms with van der Waals surface area (Å²) >= 11 is 0. The van der Waals surface area contributed by atoms with Crippen molar-refractivity contribution < 1.29 is 13.2 Å². The topological polar surface area (TPSA) is 26.0 Å². The smallest absolute Gasteiger partial charge is 0.195 e. The van der Waals surface area contributed by atoms with Gasteiger partial charge in [0.2, 0.25) is 0 Å². The van der Waals surface area contributed by atoms with E-state index in [9.17, 15) is 13.2 Å². The van der Waals surface area contributed by atoms with Crippen LogP contribution in [0.25, 0.3) is 21.5 Å². The Balaban J connectivity index is 2.55. The Morgan fingerprint density at radius 3 is 2.22 bits per heavy atom. The molecule has 0 unspecified atom stereocenters. The highest BCUT2D eigenvalue weighted by Gasteiger charge is 2.14. The maximum absolute atomic E-state index is 13.6. The van der Waals surface area contributed by atoms with Crippen LogP contribution in [0.3, 0.4) is 0 Å². The van der Waals surface area contributed by atoms with Crippen molar-refractivity contribution in [1.29, 1.82) is 0 Å². The normalized spacial score (nSPS) is 11.3. The van der Waals surface area contributed by atoms with E-state index in [2.05, 4.69) is 0 Å². The Morgan fingerprint density at radius 1 is 0.722 bits per heavy atom. The maximum Gasteiger partial charge on any atom is 0.195 e. The van der Waals surface area contributed by atoms with Gasteiger partial charge >= 0.3 is 0 Å². The fraction of sp³-hybridized carbons (Fsp3) is 0. The van der Waals surface area contributed by atoms with E-state index in [4.69, 9.17) is 5.73 Å². The lowest BCUT2D eigenvalue weighted by Crippen LogP contribution is -1.93. The standard InChI is InChI=1S/C14H8F3N/c15-12-6-11-9-4-2-8(18)5-7(9)1-3-10(11)13(16)14(12)17/h1-6H,18H2. The lowest BCUT2D eigenvalue weighted by Gasteiger charge is -2.07. The van der Waals surface area contributed by atoms with Gasteiger partial charge < -0.3 is 5.73 Å². The molecule has 0 aliphatic carbocycles. The summed E-state index contributed by atoms with van der Waals surface area (Å²) in [5, 5.41) is 1.79. The van der Waals surface area contributed by atoms with Gasteiger partial charge in [-0.05, 0) is 34.4 Å². The van der Waals surface area contributed by atoms with Crippen LogP contribution in [0.2, 0.25) is 0 Å². The second kappa shape index (κ2) is 3.63. The predicted molar refractivity (Wildman–Crippen MR) is 65.7 cm³/mol. The van der Waals surface area contributed by atoms with E-state index in [1.807, 2.05) is 0 Å². The molecule has 0 aromatic heterocycles. The van der Waals surface area contributed by atoms with Crippen LogP contribution in [0.4, 0.5) is 18.9 Å². The highest BCUT2D eigenvalue weighted by molar-refractivity contribution is 6.08. The highest BCUT2D eigenvalue weighted by Crippen LogP contribution is 2.30. The first-order valence-corrected chi connectivity index (χ1v) is 5.33. The minimum absolute atomic E-state index is 0.0613. The zero-order valence-corrected chi connectivity index (χ0v) is 9.18. The first-order valence-electron chi connectivity index (χ1n) is 5.33. The third-order valence-corrected chi connectivity index (χ3v) is 3.00. The Labute approximate surface area is 101 Å². The summed E-state index contributed by atoms with van der Waals surface area (Å²) in [4.78, 5) is 0. The zero-order valence-electron chi connectivity index (χ0n) is 9.18. The van der Waals surface area contributed by atoms with Gasteiger partial charge in [0.25, 0.3) is 0 Å². The molecule has 0 saturated heterocycles. The van der Waals surface area contributed by atoms with Gasteiger partial charge in [-0.3, -0.25) is 0 Å². The number of benzene rings is 3. The molecule has 0 radical (unpaired) electrons. The van der Waals surface area contributed by atoms with Crippen molar-refractivity contribution in [3.05, 3.63) is 53.8 Å². The Bertz CT molecular complexity index is 781. The number of nitrogen functional groups attached to an aromatic ring is 1. The second-order valence-electron chi connectivity index (χ2n) is 4.13. The molecule has 0 spiro atoms. The molecule has 3 rings (SSSR count). The number of nitrogens with two attached hydrogens (primary N) is 1. The van der Waals surface area contributed by atoms with E-state index in [1.54, 1.807) is 24.3 Å². The van der Waals surface area contributed by atoms with Crippen molar-refractivity contribution in [3.8, 4) is 0 Å². The minimum atomic E-state index is -1.45. The molecule has 0 heterocycles. The quantitative estimate of drug-likeness (QED) is 0.363. The van der Waals surface area contributed by atoms with Crippen LogP contribution in [0.5, 0.6) is 0 Å². The molecule has 3 aromatic carbocycles. The first kappa shape index (κ1) is 10.9. The van der Waals surface area contributed by atoms with Gasteiger partial charge in [0.1, 0.15) is 0 Å². The van der Waals surface area contributed by atoms with Crippen molar-refractivity contribution >= 4 is 27.2 Å². The first-order chi connectivity index (χ1) is 8.58. The molecule has 2 N–H and O–H groups in total. The summed E-state index contributed by atoms with van der Waals surface area (Å²) in [7, 11) is 0. The van der Waals surface area contributed by atoms with Gasteiger partial charge in [0, 0.05) is 11.1 Å². The van der Waals surface area contributed by atoms with Gasteiger partial charge in [-0.1, -0.05) is 18.2 Å². The molecule has 0 atom stereocenters. The molecular weight excluding hydrogens is 239 g/mol. The Morgan fingerprint density at radius 2 is 1.44 bits per heavy atom. The zero-order chi connectivity index (χ0) is 12.9. The summed E-state index contributed by atoms with van der Waals surface area (Å²) in [6.07, 6.45) is 0. The fourth-order valence-electron chi connectivity index (χ4n) is 2.13. The fourth-order valence-corrected chi connectivity index (χ4v) is 2.13. The van der Waals surface area contributed by atoms with Crippen LogP contribution in [0.1, 0.15) is 0 Å². The minimum Gasteiger partial charge on any atom is -0.399 e. The molecule has 0 aliphatic heterocycles. The van der Waals surface area contributed by atoms with Crippen LogP contribution in [0.15, 0.2) is 36.4 Å². The van der Waals surface area contributed by atoms with Crippen LogP contribution in [0, 0.1) is 17.5 Å². The summed E-state index contributed by atoms with van der Waals surface area (Å²) < 4.78 is 40.1. The molecule has 0 fully saturated rings. The van der Waals surface area contributed by atoms with E-state index in [0.29, 0.717) is 16.5 Å². The van der Waals surface area contributed by atoms with E-state index < -0.39 is 17.5 Å². The molecule has 0 amide bonds. The molecule has 3 aromatic rings. The van der Waals surface area contributed by atoms with Crippen molar-refractivity contribution in [2.45, 2.75) is 0 Å². The Hall–Kier alpha value is -2.23. The lowest BCUT2D eigenvalue weighted by molar-refractivity contribution is 0.453. The molecule has 18 heavy (non-hydrogen) atoms. The predicted octanol–water partition coefficient (Wildman–Crippen LogP) is 3.99. The largest absolute Gasteiger partial charge is 0.399 e. The number of hydrogen-bond donors (Lipinski definition) is 1. The third kappa shape index (κ3) is 1.42. The van der Waals surface area contributed by atoms with E-state index in [0.717, 1.165) is 11.5 Å². The molecule has 4 heteroatoms. The van der Waals surface area contributed by atoms with Gasteiger partial charge in [0.05, 0.1) is 0 Å². The highest BCUT2D eigenvalue weighted by atomic mass is 19.2. The van der Waals surface area contributed by atoms with Gasteiger partial charge in [-0.25, -0.2) is 13.2 Å². The number of hydrogen-bond acceptors (Lipinski definition) is 1. The molecule has 1 nitrogen and oxygen atoms in total. The number of rotatable bonds is 0. The van der Waals surface area contributed by atoms with E-state index >= 15 is 0 Å². The van der Waals surface area contributed by atoms with Crippen LogP contribution < -0.4 is 5.73 Å². The van der Waals surface area contributed by atoms with E-state index in [-0.39, 0.29) is 5.39 Å². The molecule has 0 saturated carbocycles. The molecular formula is C14H8F3N. The Kier molecular flexibility index (Phi) is 2.20. The maximum atomic E-state index is 13.6.